The second-order valence-electron chi connectivity index (χ2n) is 4.18. The van der Waals surface area contributed by atoms with Crippen molar-refractivity contribution in [3.63, 3.8) is 0 Å². The molecule has 5 nitrogen and oxygen atoms in total. The molecule has 0 heterocycles. The Labute approximate surface area is 129 Å². The number of nitrogens with zero attached hydrogens (tertiary/aromatic N) is 1. The van der Waals surface area contributed by atoms with Crippen LogP contribution in [0.3, 0.4) is 0 Å². The molecule has 0 bridgehead atoms. The molecule has 2 rings (SSSR count). The minimum atomic E-state index is -0.937. The first-order valence-corrected chi connectivity index (χ1v) is 7.07. The molecule has 2 aromatic carbocycles. The summed E-state index contributed by atoms with van der Waals surface area (Å²) in [6, 6.07) is 11.3. The van der Waals surface area contributed by atoms with Crippen LogP contribution in [-0.4, -0.2) is 16.0 Å². The highest BCUT2D eigenvalue weighted by Gasteiger charge is 2.08. The van der Waals surface area contributed by atoms with Gasteiger partial charge >= 0.3 is 5.97 Å². The Bertz CT molecular complexity index is 688. The smallest absolute Gasteiger partial charge is 0.307 e. The highest BCUT2D eigenvalue weighted by molar-refractivity contribution is 7.99. The Hall–Kier alpha value is -2.05. The van der Waals surface area contributed by atoms with Gasteiger partial charge in [0.15, 0.2) is 0 Å². The third-order valence-electron chi connectivity index (χ3n) is 2.65. The number of nitro benzene ring substituents is 1. The van der Waals surface area contributed by atoms with Crippen LogP contribution >= 0.6 is 23.4 Å². The van der Waals surface area contributed by atoms with Gasteiger partial charge in [0, 0.05) is 26.9 Å². The Morgan fingerprint density at radius 2 is 1.81 bits per heavy atom. The molecule has 0 radical (unpaired) electrons. The number of non-ortho nitro benzene ring substituents is 1. The van der Waals surface area contributed by atoms with Crippen LogP contribution in [0.4, 0.5) is 5.69 Å². The second kappa shape index (κ2) is 6.60. The van der Waals surface area contributed by atoms with E-state index in [0.29, 0.717) is 10.6 Å². The van der Waals surface area contributed by atoms with Gasteiger partial charge in [-0.2, -0.15) is 0 Å². The Morgan fingerprint density at radius 3 is 2.33 bits per heavy atom. The summed E-state index contributed by atoms with van der Waals surface area (Å²) in [6.45, 7) is 0. The fraction of sp³-hybridized carbons (Fsp3) is 0.0714. The molecule has 21 heavy (non-hydrogen) atoms. The molecule has 108 valence electrons. The van der Waals surface area contributed by atoms with Crippen molar-refractivity contribution in [2.45, 2.75) is 16.2 Å². The van der Waals surface area contributed by atoms with Gasteiger partial charge in [-0.05, 0) is 29.8 Å². The maximum atomic E-state index is 10.7. The van der Waals surface area contributed by atoms with E-state index in [9.17, 15) is 14.9 Å². The molecule has 0 saturated heterocycles. The van der Waals surface area contributed by atoms with Gasteiger partial charge in [0.1, 0.15) is 0 Å². The van der Waals surface area contributed by atoms with E-state index in [0.717, 1.165) is 9.79 Å². The minimum Gasteiger partial charge on any atom is -0.481 e. The molecule has 7 heteroatoms. The van der Waals surface area contributed by atoms with E-state index in [-0.39, 0.29) is 12.1 Å². The quantitative estimate of drug-likeness (QED) is 0.663. The first-order valence-electron chi connectivity index (χ1n) is 5.88. The van der Waals surface area contributed by atoms with Crippen LogP contribution in [0.15, 0.2) is 52.3 Å². The van der Waals surface area contributed by atoms with Crippen LogP contribution in [0.2, 0.25) is 5.02 Å². The van der Waals surface area contributed by atoms with Gasteiger partial charge in [0.2, 0.25) is 0 Å². The number of halogens is 1. The van der Waals surface area contributed by atoms with Crippen LogP contribution in [-0.2, 0) is 11.2 Å². The van der Waals surface area contributed by atoms with E-state index in [2.05, 4.69) is 0 Å². The molecule has 0 aliphatic rings. The van der Waals surface area contributed by atoms with Crippen molar-refractivity contribution in [2.24, 2.45) is 0 Å². The summed E-state index contributed by atoms with van der Waals surface area (Å²) in [5, 5.41) is 19.7. The van der Waals surface area contributed by atoms with E-state index >= 15 is 0 Å². The third-order valence-corrected chi connectivity index (χ3v) is 4.00. The lowest BCUT2D eigenvalue weighted by Crippen LogP contribution is -2.00. The van der Waals surface area contributed by atoms with E-state index in [4.69, 9.17) is 16.7 Å². The van der Waals surface area contributed by atoms with Crippen molar-refractivity contribution in [2.75, 3.05) is 0 Å². The largest absolute Gasteiger partial charge is 0.481 e. The van der Waals surface area contributed by atoms with E-state index in [1.165, 1.54) is 23.9 Å². The van der Waals surface area contributed by atoms with Crippen molar-refractivity contribution in [3.05, 3.63) is 63.2 Å². The van der Waals surface area contributed by atoms with Gasteiger partial charge in [-0.1, -0.05) is 29.4 Å². The number of carboxylic acid groups (broad SMARTS) is 1. The van der Waals surface area contributed by atoms with E-state index in [1.807, 2.05) is 0 Å². The number of carboxylic acids is 1. The molecular formula is C14H10ClNO4S. The summed E-state index contributed by atoms with van der Waals surface area (Å²) >= 11 is 7.44. The predicted octanol–water partition coefficient (Wildman–Crippen LogP) is 4.03. The molecule has 0 aromatic heterocycles. The first kappa shape index (κ1) is 15.3. The monoisotopic (exact) mass is 323 g/mol. The molecule has 0 spiro atoms. The number of carbonyl (C=O) groups is 1. The average Bonchev–Trinajstić information content (AvgIpc) is 2.42. The van der Waals surface area contributed by atoms with Gasteiger partial charge in [-0.3, -0.25) is 14.9 Å². The molecule has 2 aromatic rings. The number of hydrogen-bond donors (Lipinski definition) is 1. The Balaban J connectivity index is 2.14. The minimum absolute atomic E-state index is 0.0363. The number of rotatable bonds is 5. The van der Waals surface area contributed by atoms with Crippen molar-refractivity contribution < 1.29 is 14.8 Å². The summed E-state index contributed by atoms with van der Waals surface area (Å²) in [4.78, 5) is 22.5. The molecule has 0 aliphatic heterocycles. The van der Waals surface area contributed by atoms with Gasteiger partial charge in [0.05, 0.1) is 11.3 Å². The lowest BCUT2D eigenvalue weighted by atomic mass is 10.1. The maximum Gasteiger partial charge on any atom is 0.307 e. The zero-order chi connectivity index (χ0) is 15.4. The molecule has 0 fully saturated rings. The number of aliphatic carboxylic acids is 1. The van der Waals surface area contributed by atoms with Crippen LogP contribution in [0.1, 0.15) is 5.56 Å². The average molecular weight is 324 g/mol. The summed E-state index contributed by atoms with van der Waals surface area (Å²) in [5.74, 6) is -0.937. The SMILES string of the molecule is O=C(O)Cc1ccc(Sc2ccc([N+](=O)[O-])cc2)cc1Cl. The van der Waals surface area contributed by atoms with Crippen molar-refractivity contribution in [1.29, 1.82) is 0 Å². The lowest BCUT2D eigenvalue weighted by molar-refractivity contribution is -0.384. The van der Waals surface area contributed by atoms with Crippen LogP contribution in [0.25, 0.3) is 0 Å². The number of benzene rings is 2. The summed E-state index contributed by atoms with van der Waals surface area (Å²) in [6.07, 6.45) is -0.124. The number of nitro groups is 1. The molecule has 0 aliphatic carbocycles. The third kappa shape index (κ3) is 4.21. The fourth-order valence-electron chi connectivity index (χ4n) is 1.67. The van der Waals surface area contributed by atoms with Crippen LogP contribution < -0.4 is 0 Å². The zero-order valence-electron chi connectivity index (χ0n) is 10.7. The normalized spacial score (nSPS) is 10.3. The summed E-state index contributed by atoms with van der Waals surface area (Å²) < 4.78 is 0. The number of hydrogen-bond acceptors (Lipinski definition) is 4. The Kier molecular flexibility index (Phi) is 4.82. The molecule has 1 N–H and O–H groups in total. The molecule has 0 atom stereocenters. The standard InChI is InChI=1S/C14H10ClNO4S/c15-13-8-12(4-1-9(13)7-14(17)18)21-11-5-2-10(3-6-11)16(19)20/h1-6,8H,7H2,(H,17,18). The first-order chi connectivity index (χ1) is 9.95. The molecular weight excluding hydrogens is 314 g/mol. The van der Waals surface area contributed by atoms with Crippen LogP contribution in [0, 0.1) is 10.1 Å². The molecule has 0 amide bonds. The maximum absolute atomic E-state index is 10.7. The summed E-state index contributed by atoms with van der Waals surface area (Å²) in [7, 11) is 0. The second-order valence-corrected chi connectivity index (χ2v) is 5.73. The predicted molar refractivity (Wildman–Crippen MR) is 80.0 cm³/mol. The molecule has 0 saturated carbocycles. The zero-order valence-corrected chi connectivity index (χ0v) is 12.2. The lowest BCUT2D eigenvalue weighted by Gasteiger charge is -2.05. The van der Waals surface area contributed by atoms with E-state index < -0.39 is 10.9 Å². The highest BCUT2D eigenvalue weighted by atomic mass is 35.5. The molecule has 0 unspecified atom stereocenters. The topological polar surface area (TPSA) is 80.4 Å². The Morgan fingerprint density at radius 1 is 1.19 bits per heavy atom. The van der Waals surface area contributed by atoms with Gasteiger partial charge in [-0.25, -0.2) is 0 Å². The summed E-state index contributed by atoms with van der Waals surface area (Å²) in [5.41, 5.74) is 0.589. The van der Waals surface area contributed by atoms with Crippen LogP contribution in [0.5, 0.6) is 0 Å². The highest BCUT2D eigenvalue weighted by Crippen LogP contribution is 2.31. The van der Waals surface area contributed by atoms with Crippen molar-refractivity contribution in [1.82, 2.24) is 0 Å². The van der Waals surface area contributed by atoms with Gasteiger partial charge in [0.25, 0.3) is 5.69 Å². The fourth-order valence-corrected chi connectivity index (χ4v) is 2.84. The van der Waals surface area contributed by atoms with E-state index in [1.54, 1.807) is 30.3 Å². The van der Waals surface area contributed by atoms with Crippen molar-refractivity contribution in [3.8, 4) is 0 Å². The van der Waals surface area contributed by atoms with Crippen molar-refractivity contribution >= 4 is 35.0 Å². The van der Waals surface area contributed by atoms with Gasteiger partial charge in [-0.15, -0.1) is 0 Å². The van der Waals surface area contributed by atoms with Gasteiger partial charge < -0.3 is 5.11 Å².